The number of Topliss-reactive ketones (excluding diaryl/α,β-unsaturated/α-hetero) is 1. The molecular formula is C36H36F2N2O4S. The van der Waals surface area contributed by atoms with E-state index >= 15 is 0 Å². The van der Waals surface area contributed by atoms with Crippen molar-refractivity contribution in [3.05, 3.63) is 124 Å². The highest BCUT2D eigenvalue weighted by molar-refractivity contribution is 7.98. The lowest BCUT2D eigenvalue weighted by atomic mass is 9.93. The molecule has 0 heterocycles. The Hall–Kier alpha value is -4.50. The third-order valence-corrected chi connectivity index (χ3v) is 8.12. The topological polar surface area (TPSA) is 75.7 Å². The SMILES string of the molecule is COC(=O)C(CCSC)NC(=O)c1ccc(CN(Cc2cc(F)cc(F)c2)c2ccc(C(C)=O)cc2)cc1-c1ccccc1C. The molecule has 9 heteroatoms. The van der Waals surface area contributed by atoms with Crippen molar-refractivity contribution >= 4 is 35.1 Å². The van der Waals surface area contributed by atoms with Gasteiger partial charge in [-0.1, -0.05) is 30.3 Å². The lowest BCUT2D eigenvalue weighted by molar-refractivity contribution is -0.142. The molecule has 4 rings (SSSR count). The number of aryl methyl sites for hydroxylation is 1. The van der Waals surface area contributed by atoms with Crippen molar-refractivity contribution in [1.82, 2.24) is 5.32 Å². The fraction of sp³-hybridized carbons (Fsp3) is 0.250. The van der Waals surface area contributed by atoms with Crippen molar-refractivity contribution in [2.45, 2.75) is 39.4 Å². The Kier molecular flexibility index (Phi) is 11.5. The average molecular weight is 631 g/mol. The van der Waals surface area contributed by atoms with Crippen LogP contribution >= 0.6 is 11.8 Å². The number of thioether (sulfide) groups is 1. The number of carbonyl (C=O) groups is 3. The van der Waals surface area contributed by atoms with Crippen LogP contribution in [0.4, 0.5) is 14.5 Å². The number of anilines is 1. The van der Waals surface area contributed by atoms with E-state index in [2.05, 4.69) is 5.32 Å². The minimum absolute atomic E-state index is 0.0695. The second kappa shape index (κ2) is 15.5. The van der Waals surface area contributed by atoms with Crippen molar-refractivity contribution < 1.29 is 27.9 Å². The lowest BCUT2D eigenvalue weighted by Crippen LogP contribution is -2.42. The predicted octanol–water partition coefficient (Wildman–Crippen LogP) is 7.37. The monoisotopic (exact) mass is 630 g/mol. The molecule has 1 N–H and O–H groups in total. The molecule has 0 saturated heterocycles. The van der Waals surface area contributed by atoms with Crippen LogP contribution in [0.1, 0.15) is 50.8 Å². The van der Waals surface area contributed by atoms with Gasteiger partial charge in [0.05, 0.1) is 7.11 Å². The third-order valence-electron chi connectivity index (χ3n) is 7.47. The summed E-state index contributed by atoms with van der Waals surface area (Å²) in [7, 11) is 1.30. The van der Waals surface area contributed by atoms with Gasteiger partial charge in [0.15, 0.2) is 5.78 Å². The van der Waals surface area contributed by atoms with Crippen molar-refractivity contribution in [3.63, 3.8) is 0 Å². The van der Waals surface area contributed by atoms with E-state index in [4.69, 9.17) is 4.74 Å². The second-order valence-electron chi connectivity index (χ2n) is 10.8. The number of ketones is 1. The first-order valence-electron chi connectivity index (χ1n) is 14.5. The van der Waals surface area contributed by atoms with Gasteiger partial charge in [-0.15, -0.1) is 0 Å². The van der Waals surface area contributed by atoms with Gasteiger partial charge in [0.1, 0.15) is 17.7 Å². The first-order chi connectivity index (χ1) is 21.6. The zero-order valence-electron chi connectivity index (χ0n) is 25.7. The van der Waals surface area contributed by atoms with Crippen LogP contribution in [0.5, 0.6) is 0 Å². The molecule has 0 fully saturated rings. The van der Waals surface area contributed by atoms with Gasteiger partial charge < -0.3 is 15.0 Å². The van der Waals surface area contributed by atoms with Gasteiger partial charge in [-0.05, 0) is 109 Å². The Bertz CT molecular complexity index is 1660. The molecule has 1 amide bonds. The third kappa shape index (κ3) is 8.79. The summed E-state index contributed by atoms with van der Waals surface area (Å²) in [4.78, 5) is 39.9. The molecule has 0 aliphatic heterocycles. The predicted molar refractivity (Wildman–Crippen MR) is 176 cm³/mol. The molecular weight excluding hydrogens is 594 g/mol. The van der Waals surface area contributed by atoms with Crippen LogP contribution in [-0.2, 0) is 22.6 Å². The number of nitrogens with zero attached hydrogens (tertiary/aromatic N) is 1. The van der Waals surface area contributed by atoms with E-state index in [-0.39, 0.29) is 12.3 Å². The maximum atomic E-state index is 14.1. The van der Waals surface area contributed by atoms with Crippen LogP contribution in [0.2, 0.25) is 0 Å². The summed E-state index contributed by atoms with van der Waals surface area (Å²) in [6, 6.07) is 22.9. The van der Waals surface area contributed by atoms with Crippen LogP contribution in [0.15, 0.2) is 84.9 Å². The highest BCUT2D eigenvalue weighted by Crippen LogP contribution is 2.30. The minimum Gasteiger partial charge on any atom is -0.467 e. The fourth-order valence-corrected chi connectivity index (χ4v) is 5.61. The van der Waals surface area contributed by atoms with Crippen molar-refractivity contribution in [1.29, 1.82) is 0 Å². The molecule has 1 unspecified atom stereocenters. The normalized spacial score (nSPS) is 11.5. The van der Waals surface area contributed by atoms with Crippen molar-refractivity contribution in [3.8, 4) is 11.1 Å². The molecule has 1 atom stereocenters. The Balaban J connectivity index is 1.75. The van der Waals surface area contributed by atoms with Gasteiger partial charge in [-0.3, -0.25) is 9.59 Å². The number of methoxy groups -OCH3 is 1. The number of halogens is 2. The smallest absolute Gasteiger partial charge is 0.328 e. The number of nitrogens with one attached hydrogen (secondary N) is 1. The van der Waals surface area contributed by atoms with Crippen molar-refractivity contribution in [2.75, 3.05) is 24.0 Å². The number of amides is 1. The van der Waals surface area contributed by atoms with E-state index in [0.29, 0.717) is 41.0 Å². The standard InChI is InChI=1S/C36H36F2N2O4S/c1-23-7-5-6-8-31(23)33-19-25(9-14-32(33)35(42)39-34(15-16-45-4)36(43)44-3)21-40(22-26-17-28(37)20-29(38)18-26)30-12-10-27(11-13-30)24(2)41/h5-14,17-20,34H,15-16,21-22H2,1-4H3,(H,39,42). The summed E-state index contributed by atoms with van der Waals surface area (Å²) in [5.74, 6) is -1.65. The first-order valence-corrected chi connectivity index (χ1v) is 15.9. The number of ether oxygens (including phenoxy) is 1. The number of hydrogen-bond acceptors (Lipinski definition) is 6. The molecule has 0 bridgehead atoms. The lowest BCUT2D eigenvalue weighted by Gasteiger charge is -2.26. The largest absolute Gasteiger partial charge is 0.467 e. The van der Waals surface area contributed by atoms with E-state index in [1.54, 1.807) is 42.1 Å². The first kappa shape index (κ1) is 33.4. The second-order valence-corrected chi connectivity index (χ2v) is 11.7. The van der Waals surface area contributed by atoms with Gasteiger partial charge in [-0.2, -0.15) is 11.8 Å². The molecule has 6 nitrogen and oxygen atoms in total. The number of esters is 1. The van der Waals surface area contributed by atoms with Crippen LogP contribution < -0.4 is 10.2 Å². The maximum Gasteiger partial charge on any atom is 0.328 e. The molecule has 0 radical (unpaired) electrons. The molecule has 45 heavy (non-hydrogen) atoms. The molecule has 0 spiro atoms. The highest BCUT2D eigenvalue weighted by Gasteiger charge is 2.24. The van der Waals surface area contributed by atoms with E-state index in [0.717, 1.165) is 28.4 Å². The summed E-state index contributed by atoms with van der Waals surface area (Å²) < 4.78 is 33.2. The summed E-state index contributed by atoms with van der Waals surface area (Å²) in [5, 5.41) is 2.86. The van der Waals surface area contributed by atoms with Crippen molar-refractivity contribution in [2.24, 2.45) is 0 Å². The Morgan fingerprint density at radius 1 is 0.867 bits per heavy atom. The fourth-order valence-electron chi connectivity index (χ4n) is 5.14. The van der Waals surface area contributed by atoms with Crippen LogP contribution in [0.25, 0.3) is 11.1 Å². The number of carbonyl (C=O) groups excluding carboxylic acids is 3. The van der Waals surface area contributed by atoms with Gasteiger partial charge in [0.25, 0.3) is 5.91 Å². The maximum absolute atomic E-state index is 14.1. The molecule has 0 aromatic heterocycles. The molecule has 0 aliphatic carbocycles. The number of rotatable bonds is 13. The number of benzene rings is 4. The quantitative estimate of drug-likeness (QED) is 0.123. The highest BCUT2D eigenvalue weighted by atomic mass is 32.2. The summed E-state index contributed by atoms with van der Waals surface area (Å²) in [6.07, 6.45) is 2.35. The van der Waals surface area contributed by atoms with Crippen LogP contribution in [-0.4, -0.2) is 42.8 Å². The molecule has 234 valence electrons. The summed E-state index contributed by atoms with van der Waals surface area (Å²) in [5.41, 5.74) is 5.47. The minimum atomic E-state index is -0.792. The summed E-state index contributed by atoms with van der Waals surface area (Å²) >= 11 is 1.57. The van der Waals surface area contributed by atoms with Gasteiger partial charge in [0.2, 0.25) is 0 Å². The van der Waals surface area contributed by atoms with Crippen LogP contribution in [0, 0.1) is 18.6 Å². The molecule has 0 aliphatic rings. The van der Waals surface area contributed by atoms with Crippen LogP contribution in [0.3, 0.4) is 0 Å². The van der Waals surface area contributed by atoms with E-state index in [1.807, 2.05) is 54.5 Å². The Morgan fingerprint density at radius 2 is 1.53 bits per heavy atom. The zero-order valence-corrected chi connectivity index (χ0v) is 26.5. The van der Waals surface area contributed by atoms with E-state index in [1.165, 1.54) is 26.2 Å². The van der Waals surface area contributed by atoms with E-state index in [9.17, 15) is 23.2 Å². The van der Waals surface area contributed by atoms with Gasteiger partial charge in [0, 0.05) is 36.0 Å². The average Bonchev–Trinajstić information content (AvgIpc) is 3.02. The molecule has 4 aromatic carbocycles. The Labute approximate surface area is 266 Å². The summed E-state index contributed by atoms with van der Waals surface area (Å²) in [6.45, 7) is 3.97. The zero-order chi connectivity index (χ0) is 32.5. The van der Waals surface area contributed by atoms with E-state index < -0.39 is 29.6 Å². The number of hydrogen-bond donors (Lipinski definition) is 1. The Morgan fingerprint density at radius 3 is 2.16 bits per heavy atom. The van der Waals surface area contributed by atoms with Gasteiger partial charge in [-0.25, -0.2) is 13.6 Å². The molecule has 4 aromatic rings. The van der Waals surface area contributed by atoms with Gasteiger partial charge >= 0.3 is 5.97 Å². The molecule has 0 saturated carbocycles.